The van der Waals surface area contributed by atoms with Crippen LogP contribution in [0.3, 0.4) is 0 Å². The summed E-state index contributed by atoms with van der Waals surface area (Å²) >= 11 is 8.23. The molecule has 0 spiro atoms. The Bertz CT molecular complexity index is 1420. The summed E-state index contributed by atoms with van der Waals surface area (Å²) in [7, 11) is -3.89. The summed E-state index contributed by atoms with van der Waals surface area (Å²) in [6, 6.07) is 7.98. The number of thiazole rings is 1. The topological polar surface area (TPSA) is 98.0 Å². The Balaban J connectivity index is 1.75. The number of nitrogens with zero attached hydrogens (tertiary/aromatic N) is 3. The van der Waals surface area contributed by atoms with Gasteiger partial charge < -0.3 is 9.30 Å². The van der Waals surface area contributed by atoms with E-state index >= 15 is 0 Å². The first-order valence-corrected chi connectivity index (χ1v) is 14.8. The highest BCUT2D eigenvalue weighted by Crippen LogP contribution is 2.32. The minimum Gasteiger partial charge on any atom is -0.465 e. The molecule has 0 saturated carbocycles. The highest BCUT2D eigenvalue weighted by atomic mass is 35.5. The maximum Gasteiger partial charge on any atom is 0.326 e. The standard InChI is InChI=1S/C23H26ClN3O5S3/c1-3-15-8-9-16-18(13-15)33-23(26(16)14-20(28)32-4-2)25-22(29)17-7-5-6-12-27(17)35(30,31)21-11-10-19(24)34-21/h8-11,13,17H,3-7,12,14H2,1-2H3. The van der Waals surface area contributed by atoms with Gasteiger partial charge in [0.1, 0.15) is 16.8 Å². The molecule has 2 aromatic heterocycles. The van der Waals surface area contributed by atoms with Crippen LogP contribution in [0, 0.1) is 0 Å². The van der Waals surface area contributed by atoms with Crippen molar-refractivity contribution in [2.45, 2.75) is 56.3 Å². The lowest BCUT2D eigenvalue weighted by atomic mass is 10.0. The maximum absolute atomic E-state index is 13.4. The lowest BCUT2D eigenvalue weighted by Crippen LogP contribution is -2.47. The Morgan fingerprint density at radius 3 is 2.66 bits per heavy atom. The first-order valence-electron chi connectivity index (χ1n) is 11.4. The average Bonchev–Trinajstić information content (AvgIpc) is 3.42. The van der Waals surface area contributed by atoms with Gasteiger partial charge in [-0.05, 0) is 56.0 Å². The molecule has 8 nitrogen and oxygen atoms in total. The molecule has 1 aromatic carbocycles. The van der Waals surface area contributed by atoms with Gasteiger partial charge in [0.25, 0.3) is 15.9 Å². The van der Waals surface area contributed by atoms with Crippen LogP contribution in [0.4, 0.5) is 0 Å². The molecule has 1 fully saturated rings. The van der Waals surface area contributed by atoms with E-state index in [0.29, 0.717) is 22.0 Å². The SMILES string of the molecule is CCOC(=O)Cn1c(=NC(=O)C2CCCCN2S(=O)(=O)c2ccc(Cl)s2)sc2cc(CC)ccc21. The maximum atomic E-state index is 13.4. The van der Waals surface area contributed by atoms with Crippen LogP contribution in [-0.4, -0.2) is 48.4 Å². The van der Waals surface area contributed by atoms with Crippen molar-refractivity contribution < 1.29 is 22.7 Å². The predicted molar refractivity (Wildman–Crippen MR) is 137 cm³/mol. The van der Waals surface area contributed by atoms with Crippen molar-refractivity contribution in [3.8, 4) is 0 Å². The fraction of sp³-hybridized carbons (Fsp3) is 0.435. The van der Waals surface area contributed by atoms with Crippen molar-refractivity contribution in [3.05, 3.63) is 45.0 Å². The van der Waals surface area contributed by atoms with E-state index in [1.807, 2.05) is 18.2 Å². The van der Waals surface area contributed by atoms with Gasteiger partial charge >= 0.3 is 5.97 Å². The van der Waals surface area contributed by atoms with Gasteiger partial charge in [0, 0.05) is 6.54 Å². The van der Waals surface area contributed by atoms with E-state index in [0.717, 1.165) is 40.0 Å². The van der Waals surface area contributed by atoms with Crippen LogP contribution < -0.4 is 4.80 Å². The van der Waals surface area contributed by atoms with Gasteiger partial charge in [0.05, 0.1) is 21.2 Å². The number of carbonyl (C=O) groups is 2. The van der Waals surface area contributed by atoms with E-state index in [1.165, 1.54) is 27.8 Å². The number of rotatable bonds is 7. The summed E-state index contributed by atoms with van der Waals surface area (Å²) in [5.41, 5.74) is 1.90. The zero-order chi connectivity index (χ0) is 25.2. The normalized spacial score (nSPS) is 17.7. The average molecular weight is 556 g/mol. The van der Waals surface area contributed by atoms with Crippen molar-refractivity contribution in [2.75, 3.05) is 13.2 Å². The monoisotopic (exact) mass is 555 g/mol. The molecule has 0 bridgehead atoms. The Labute approximate surface area is 216 Å². The first-order chi connectivity index (χ1) is 16.7. The summed E-state index contributed by atoms with van der Waals surface area (Å²) < 4.78 is 35.9. The van der Waals surface area contributed by atoms with Crippen molar-refractivity contribution in [1.82, 2.24) is 8.87 Å². The second-order valence-corrected chi connectivity index (χ2v) is 12.9. The second kappa shape index (κ2) is 10.9. The molecule has 12 heteroatoms. The number of halogens is 1. The number of hydrogen-bond donors (Lipinski definition) is 0. The molecule has 35 heavy (non-hydrogen) atoms. The fourth-order valence-corrected chi connectivity index (χ4v) is 8.43. The molecule has 4 rings (SSSR count). The summed E-state index contributed by atoms with van der Waals surface area (Å²) in [6.45, 7) is 4.17. The summed E-state index contributed by atoms with van der Waals surface area (Å²) in [5.74, 6) is -0.979. The minimum absolute atomic E-state index is 0.0915. The number of aromatic nitrogens is 1. The van der Waals surface area contributed by atoms with Gasteiger partial charge in [-0.15, -0.1) is 11.3 Å². The molecular weight excluding hydrogens is 530 g/mol. The van der Waals surface area contributed by atoms with Crippen LogP contribution in [0.25, 0.3) is 10.2 Å². The Kier molecular flexibility index (Phi) is 8.12. The van der Waals surface area contributed by atoms with Crippen LogP contribution >= 0.6 is 34.3 Å². The molecule has 0 radical (unpaired) electrons. The number of esters is 1. The fourth-order valence-electron chi connectivity index (χ4n) is 4.07. The van der Waals surface area contributed by atoms with Gasteiger partial charge in [-0.1, -0.05) is 42.3 Å². The number of hydrogen-bond acceptors (Lipinski definition) is 7. The number of aryl methyl sites for hydroxylation is 1. The molecular formula is C23H26ClN3O5S3. The largest absolute Gasteiger partial charge is 0.465 e. The van der Waals surface area contributed by atoms with E-state index in [1.54, 1.807) is 11.5 Å². The number of fused-ring (bicyclic) bond motifs is 1. The van der Waals surface area contributed by atoms with Crippen LogP contribution in [0.5, 0.6) is 0 Å². The molecule has 1 unspecified atom stereocenters. The van der Waals surface area contributed by atoms with Crippen molar-refractivity contribution in [3.63, 3.8) is 0 Å². The first kappa shape index (κ1) is 26.0. The lowest BCUT2D eigenvalue weighted by molar-refractivity contribution is -0.143. The van der Waals surface area contributed by atoms with E-state index in [-0.39, 0.29) is 23.9 Å². The Morgan fingerprint density at radius 1 is 1.17 bits per heavy atom. The molecule has 1 aliphatic heterocycles. The number of sulfonamides is 1. The van der Waals surface area contributed by atoms with E-state index in [2.05, 4.69) is 11.9 Å². The third kappa shape index (κ3) is 5.54. The minimum atomic E-state index is -3.89. The molecule has 0 aliphatic carbocycles. The molecule has 0 N–H and O–H groups in total. The number of ether oxygens (including phenoxy) is 1. The molecule has 3 heterocycles. The Hall–Kier alpha value is -2.05. The van der Waals surface area contributed by atoms with Gasteiger partial charge in [0.2, 0.25) is 0 Å². The number of carbonyl (C=O) groups excluding carboxylic acids is 2. The lowest BCUT2D eigenvalue weighted by Gasteiger charge is -2.31. The van der Waals surface area contributed by atoms with Crippen LogP contribution in [0.15, 0.2) is 39.5 Å². The molecule has 3 aromatic rings. The van der Waals surface area contributed by atoms with E-state index in [9.17, 15) is 18.0 Å². The molecule has 1 saturated heterocycles. The predicted octanol–water partition coefficient (Wildman–Crippen LogP) is 4.21. The molecule has 1 aliphatic rings. The highest BCUT2D eigenvalue weighted by Gasteiger charge is 2.38. The zero-order valence-electron chi connectivity index (χ0n) is 19.4. The summed E-state index contributed by atoms with van der Waals surface area (Å²) in [4.78, 5) is 30.4. The third-order valence-electron chi connectivity index (χ3n) is 5.80. The Morgan fingerprint density at radius 2 is 1.97 bits per heavy atom. The van der Waals surface area contributed by atoms with Crippen LogP contribution in [0.2, 0.25) is 4.34 Å². The number of benzene rings is 1. The highest BCUT2D eigenvalue weighted by molar-refractivity contribution is 7.91. The number of piperidine rings is 1. The van der Waals surface area contributed by atoms with Crippen LogP contribution in [0.1, 0.15) is 38.7 Å². The number of amides is 1. The van der Waals surface area contributed by atoms with Gasteiger partial charge in [0.15, 0.2) is 4.80 Å². The van der Waals surface area contributed by atoms with E-state index < -0.39 is 27.9 Å². The van der Waals surface area contributed by atoms with E-state index in [4.69, 9.17) is 16.3 Å². The zero-order valence-corrected chi connectivity index (χ0v) is 22.6. The number of thiophene rings is 1. The second-order valence-electron chi connectivity index (χ2n) is 8.07. The van der Waals surface area contributed by atoms with Crippen molar-refractivity contribution in [2.24, 2.45) is 4.99 Å². The third-order valence-corrected chi connectivity index (χ3v) is 10.5. The van der Waals surface area contributed by atoms with Crippen LogP contribution in [-0.2, 0) is 37.3 Å². The summed E-state index contributed by atoms with van der Waals surface area (Å²) in [5, 5.41) is 0. The smallest absolute Gasteiger partial charge is 0.326 e. The van der Waals surface area contributed by atoms with Crippen molar-refractivity contribution in [1.29, 1.82) is 0 Å². The van der Waals surface area contributed by atoms with Gasteiger partial charge in [-0.3, -0.25) is 9.59 Å². The van der Waals surface area contributed by atoms with Gasteiger partial charge in [-0.2, -0.15) is 9.30 Å². The quantitative estimate of drug-likeness (QED) is 0.407. The molecule has 188 valence electrons. The summed E-state index contributed by atoms with van der Waals surface area (Å²) in [6.07, 6.45) is 2.61. The molecule has 1 atom stereocenters. The molecule has 1 amide bonds. The van der Waals surface area contributed by atoms with Gasteiger partial charge in [-0.25, -0.2) is 8.42 Å². The van der Waals surface area contributed by atoms with Crippen molar-refractivity contribution >= 4 is 66.4 Å².